The number of hydrogen-bond donors (Lipinski definition) is 0. The van der Waals surface area contributed by atoms with Gasteiger partial charge in [-0.1, -0.05) is 6.07 Å². The molecule has 7 nitrogen and oxygen atoms in total. The van der Waals surface area contributed by atoms with Gasteiger partial charge in [-0.2, -0.15) is 8.78 Å². The van der Waals surface area contributed by atoms with Crippen LogP contribution in [0, 0.1) is 13.8 Å². The maximum Gasteiger partial charge on any atom is 0.415 e. The SMILES string of the molecule is CCN(C(=O)Oc1ccc(C)c2nc(-c3cc(C)cc4nc(OC(F)F)cnc34)sc12)C(C)(C)C. The van der Waals surface area contributed by atoms with E-state index in [0.717, 1.165) is 21.3 Å². The Labute approximate surface area is 205 Å². The summed E-state index contributed by atoms with van der Waals surface area (Å²) in [5.41, 5.74) is 3.76. The van der Waals surface area contributed by atoms with E-state index < -0.39 is 12.7 Å². The van der Waals surface area contributed by atoms with Crippen molar-refractivity contribution in [3.05, 3.63) is 41.6 Å². The second-order valence-electron chi connectivity index (χ2n) is 9.13. The number of nitrogens with zero attached hydrogens (tertiary/aromatic N) is 4. The highest BCUT2D eigenvalue weighted by molar-refractivity contribution is 7.22. The van der Waals surface area contributed by atoms with E-state index in [4.69, 9.17) is 9.72 Å². The fraction of sp³-hybridized carbons (Fsp3) is 0.360. The van der Waals surface area contributed by atoms with E-state index >= 15 is 0 Å². The molecule has 0 aliphatic carbocycles. The zero-order valence-electron chi connectivity index (χ0n) is 20.3. The minimum absolute atomic E-state index is 0.252. The molecule has 1 amide bonds. The van der Waals surface area contributed by atoms with Gasteiger partial charge in [0.2, 0.25) is 5.88 Å². The van der Waals surface area contributed by atoms with E-state index in [-0.39, 0.29) is 11.4 Å². The van der Waals surface area contributed by atoms with Gasteiger partial charge in [-0.05, 0) is 70.9 Å². The van der Waals surface area contributed by atoms with Gasteiger partial charge in [-0.3, -0.25) is 0 Å². The molecule has 0 spiro atoms. The molecule has 0 aliphatic heterocycles. The normalized spacial score (nSPS) is 11.9. The summed E-state index contributed by atoms with van der Waals surface area (Å²) >= 11 is 1.37. The topological polar surface area (TPSA) is 77.4 Å². The molecule has 4 aromatic rings. The lowest BCUT2D eigenvalue weighted by Gasteiger charge is -2.33. The molecule has 0 bridgehead atoms. The smallest absolute Gasteiger partial charge is 0.415 e. The molecule has 0 saturated carbocycles. The summed E-state index contributed by atoms with van der Waals surface area (Å²) in [5.74, 6) is 0.176. The van der Waals surface area contributed by atoms with Crippen LogP contribution in [0.1, 0.15) is 38.8 Å². The Balaban J connectivity index is 1.80. The van der Waals surface area contributed by atoms with Gasteiger partial charge >= 0.3 is 12.7 Å². The summed E-state index contributed by atoms with van der Waals surface area (Å²) < 4.78 is 36.2. The average molecular weight is 501 g/mol. The fourth-order valence-corrected chi connectivity index (χ4v) is 5.00. The molecule has 4 rings (SSSR count). The van der Waals surface area contributed by atoms with Gasteiger partial charge < -0.3 is 14.4 Å². The van der Waals surface area contributed by atoms with Crippen molar-refractivity contribution in [3.8, 4) is 22.2 Å². The molecule has 0 aliphatic rings. The molecular formula is C25H26F2N4O3S. The van der Waals surface area contributed by atoms with Crippen LogP contribution in [0.25, 0.3) is 31.8 Å². The average Bonchev–Trinajstić information content (AvgIpc) is 3.20. The molecule has 184 valence electrons. The van der Waals surface area contributed by atoms with Crippen LogP contribution in [0.5, 0.6) is 11.6 Å². The molecule has 0 fully saturated rings. The van der Waals surface area contributed by atoms with E-state index in [9.17, 15) is 13.6 Å². The number of amides is 1. The number of halogens is 2. The Morgan fingerprint density at radius 3 is 2.54 bits per heavy atom. The predicted molar refractivity (Wildman–Crippen MR) is 132 cm³/mol. The summed E-state index contributed by atoms with van der Waals surface area (Å²) in [4.78, 5) is 27.9. The minimum Gasteiger partial charge on any atom is -0.415 e. The number of carbonyl (C=O) groups excluding carboxylic acids is 1. The number of fused-ring (bicyclic) bond motifs is 2. The third-order valence-corrected chi connectivity index (χ3v) is 6.57. The summed E-state index contributed by atoms with van der Waals surface area (Å²) in [6, 6.07) is 7.31. The van der Waals surface area contributed by atoms with Crippen LogP contribution in [-0.4, -0.2) is 44.6 Å². The first-order valence-electron chi connectivity index (χ1n) is 11.1. The number of carbonyl (C=O) groups is 1. The van der Waals surface area contributed by atoms with Gasteiger partial charge in [0, 0.05) is 17.6 Å². The van der Waals surface area contributed by atoms with E-state index in [1.165, 1.54) is 17.5 Å². The second kappa shape index (κ2) is 9.33. The summed E-state index contributed by atoms with van der Waals surface area (Å²) in [6.07, 6.45) is 0.740. The number of hydrogen-bond acceptors (Lipinski definition) is 7. The maximum absolute atomic E-state index is 12.9. The van der Waals surface area contributed by atoms with Crippen LogP contribution < -0.4 is 9.47 Å². The monoisotopic (exact) mass is 500 g/mol. The Morgan fingerprint density at radius 1 is 1.14 bits per heavy atom. The highest BCUT2D eigenvalue weighted by atomic mass is 32.1. The predicted octanol–water partition coefficient (Wildman–Crippen LogP) is 6.74. The van der Waals surface area contributed by atoms with Crippen LogP contribution in [0.3, 0.4) is 0 Å². The standard InChI is InChI=1S/C25H26F2N4O3S/c1-7-31(25(4,5)6)24(32)33-17-9-8-14(3)19-21(17)35-22(30-19)15-10-13(2)11-16-20(15)28-12-18(29-16)34-23(26)27/h8-12,23H,7H2,1-6H3. The van der Waals surface area contributed by atoms with Crippen LogP contribution in [0.4, 0.5) is 13.6 Å². The lowest BCUT2D eigenvalue weighted by molar-refractivity contribution is -0.0528. The van der Waals surface area contributed by atoms with Crippen molar-refractivity contribution in [1.82, 2.24) is 19.9 Å². The molecule has 10 heteroatoms. The van der Waals surface area contributed by atoms with Gasteiger partial charge in [0.15, 0.2) is 5.75 Å². The Morgan fingerprint density at radius 2 is 1.89 bits per heavy atom. The van der Waals surface area contributed by atoms with E-state index in [1.54, 1.807) is 17.0 Å². The fourth-order valence-electron chi connectivity index (χ4n) is 3.89. The van der Waals surface area contributed by atoms with Crippen molar-refractivity contribution < 1.29 is 23.0 Å². The summed E-state index contributed by atoms with van der Waals surface area (Å²) in [5, 5.41) is 0.653. The first-order valence-corrected chi connectivity index (χ1v) is 11.9. The number of benzene rings is 2. The highest BCUT2D eigenvalue weighted by Crippen LogP contribution is 2.40. The molecule has 0 N–H and O–H groups in total. The second-order valence-corrected chi connectivity index (χ2v) is 10.1. The summed E-state index contributed by atoms with van der Waals surface area (Å²) in [6.45, 7) is 9.11. The van der Waals surface area contributed by atoms with Crippen LogP contribution in [0.15, 0.2) is 30.5 Å². The third-order valence-electron chi connectivity index (χ3n) is 5.46. The third kappa shape index (κ3) is 5.02. The van der Waals surface area contributed by atoms with Crippen molar-refractivity contribution in [3.63, 3.8) is 0 Å². The number of alkyl halides is 2. The molecule has 0 atom stereocenters. The number of thiazole rings is 1. The molecule has 35 heavy (non-hydrogen) atoms. The van der Waals surface area contributed by atoms with Crippen molar-refractivity contribution in [2.75, 3.05) is 6.54 Å². The Kier molecular flexibility index (Phi) is 6.59. The molecule has 0 saturated heterocycles. The van der Waals surface area contributed by atoms with Gasteiger partial charge in [0.25, 0.3) is 0 Å². The van der Waals surface area contributed by atoms with Gasteiger partial charge in [0.1, 0.15) is 5.01 Å². The van der Waals surface area contributed by atoms with E-state index in [2.05, 4.69) is 14.7 Å². The van der Waals surface area contributed by atoms with E-state index in [0.29, 0.717) is 33.9 Å². The maximum atomic E-state index is 12.9. The highest BCUT2D eigenvalue weighted by Gasteiger charge is 2.27. The van der Waals surface area contributed by atoms with Crippen molar-refractivity contribution >= 4 is 38.7 Å². The zero-order valence-corrected chi connectivity index (χ0v) is 21.2. The largest absolute Gasteiger partial charge is 0.415 e. The molecular weight excluding hydrogens is 474 g/mol. The lowest BCUT2D eigenvalue weighted by atomic mass is 10.1. The van der Waals surface area contributed by atoms with Gasteiger partial charge in [0.05, 0.1) is 27.4 Å². The van der Waals surface area contributed by atoms with Crippen molar-refractivity contribution in [1.29, 1.82) is 0 Å². The molecule has 2 aromatic heterocycles. The Bertz CT molecular complexity index is 1420. The number of aryl methyl sites for hydroxylation is 2. The van der Waals surface area contributed by atoms with E-state index in [1.807, 2.05) is 53.7 Å². The number of ether oxygens (including phenoxy) is 2. The van der Waals surface area contributed by atoms with Crippen molar-refractivity contribution in [2.24, 2.45) is 0 Å². The van der Waals surface area contributed by atoms with Gasteiger partial charge in [-0.15, -0.1) is 11.3 Å². The minimum atomic E-state index is -2.98. The zero-order chi connectivity index (χ0) is 25.5. The quantitative estimate of drug-likeness (QED) is 0.302. The van der Waals surface area contributed by atoms with Crippen LogP contribution >= 0.6 is 11.3 Å². The first kappa shape index (κ1) is 24.7. The molecule has 2 heterocycles. The van der Waals surface area contributed by atoms with Gasteiger partial charge in [-0.25, -0.2) is 19.7 Å². The Hall–Kier alpha value is -3.40. The molecule has 2 aromatic carbocycles. The number of rotatable bonds is 5. The molecule has 0 radical (unpaired) electrons. The van der Waals surface area contributed by atoms with Crippen molar-refractivity contribution in [2.45, 2.75) is 53.7 Å². The van der Waals surface area contributed by atoms with Crippen LogP contribution in [-0.2, 0) is 0 Å². The first-order chi connectivity index (χ1) is 16.5. The van der Waals surface area contributed by atoms with Crippen LogP contribution in [0.2, 0.25) is 0 Å². The lowest BCUT2D eigenvalue weighted by Crippen LogP contribution is -2.46. The molecule has 0 unspecified atom stereocenters. The number of aromatic nitrogens is 3. The summed E-state index contributed by atoms with van der Waals surface area (Å²) in [7, 11) is 0.